The Morgan fingerprint density at radius 3 is 2.64 bits per heavy atom. The van der Waals surface area contributed by atoms with Gasteiger partial charge in [0.05, 0.1) is 5.56 Å². The van der Waals surface area contributed by atoms with E-state index in [-0.39, 0.29) is 17.4 Å². The largest absolute Gasteiger partial charge is 0.508 e. The molecule has 1 aliphatic heterocycles. The second-order valence-corrected chi connectivity index (χ2v) is 7.21. The number of likely N-dealkylation sites (tertiary alicyclic amines) is 1. The molecule has 0 saturated carbocycles. The van der Waals surface area contributed by atoms with Crippen LogP contribution < -0.4 is 5.32 Å². The predicted molar refractivity (Wildman–Crippen MR) is 107 cm³/mol. The van der Waals surface area contributed by atoms with Gasteiger partial charge >= 0.3 is 0 Å². The summed E-state index contributed by atoms with van der Waals surface area (Å²) in [4.78, 5) is 15.1. The third-order valence-electron chi connectivity index (χ3n) is 5.33. The molecule has 6 heteroatoms. The number of benzene rings is 2. The molecule has 28 heavy (non-hydrogen) atoms. The number of aromatic hydroxyl groups is 2. The molecule has 0 unspecified atom stereocenters. The standard InChI is InChI=1S/C22H24N2O4/c1-23-22(27)20-19-16(13-24-10-3-2-4-11-24)17(26)8-9-18(19)28-21(20)14-6-5-7-15(25)12-14/h5-9,12,25-26H,2-4,10-11,13H2,1H3,(H,23,27). The molecule has 0 spiro atoms. The molecule has 0 atom stereocenters. The maximum Gasteiger partial charge on any atom is 0.255 e. The normalized spacial score (nSPS) is 15.0. The first-order valence-electron chi connectivity index (χ1n) is 9.59. The lowest BCUT2D eigenvalue weighted by molar-refractivity contribution is 0.0964. The number of nitrogens with one attached hydrogen (secondary N) is 1. The number of nitrogens with zero attached hydrogens (tertiary/aromatic N) is 1. The summed E-state index contributed by atoms with van der Waals surface area (Å²) in [5, 5.41) is 23.8. The number of rotatable bonds is 4. The highest BCUT2D eigenvalue weighted by Crippen LogP contribution is 2.39. The minimum absolute atomic E-state index is 0.0946. The van der Waals surface area contributed by atoms with Crippen LogP contribution in [0, 0.1) is 0 Å². The number of phenolic OH excluding ortho intramolecular Hbond substituents is 2. The molecule has 0 aliphatic carbocycles. The molecule has 1 aromatic heterocycles. The average molecular weight is 380 g/mol. The summed E-state index contributed by atoms with van der Waals surface area (Å²) < 4.78 is 6.05. The highest BCUT2D eigenvalue weighted by molar-refractivity contribution is 6.12. The molecule has 146 valence electrons. The van der Waals surface area contributed by atoms with Crippen LogP contribution in [0.3, 0.4) is 0 Å². The van der Waals surface area contributed by atoms with Crippen LogP contribution in [0.5, 0.6) is 11.5 Å². The van der Waals surface area contributed by atoms with Crippen molar-refractivity contribution >= 4 is 16.9 Å². The minimum atomic E-state index is -0.289. The molecular formula is C22H24N2O4. The first kappa shape index (κ1) is 18.4. The van der Waals surface area contributed by atoms with Crippen molar-refractivity contribution in [3.05, 3.63) is 47.5 Å². The monoisotopic (exact) mass is 380 g/mol. The average Bonchev–Trinajstić information content (AvgIpc) is 3.10. The van der Waals surface area contributed by atoms with Crippen LogP contribution in [0.1, 0.15) is 35.2 Å². The van der Waals surface area contributed by atoms with Crippen molar-refractivity contribution in [2.24, 2.45) is 0 Å². The fourth-order valence-corrected chi connectivity index (χ4v) is 3.94. The van der Waals surface area contributed by atoms with Gasteiger partial charge in [-0.15, -0.1) is 0 Å². The highest BCUT2D eigenvalue weighted by atomic mass is 16.3. The Labute approximate surface area is 163 Å². The zero-order valence-corrected chi connectivity index (χ0v) is 15.9. The Hall–Kier alpha value is -2.99. The second kappa shape index (κ2) is 7.56. The van der Waals surface area contributed by atoms with E-state index in [0.29, 0.717) is 40.0 Å². The summed E-state index contributed by atoms with van der Waals surface area (Å²) in [6.45, 7) is 2.51. The van der Waals surface area contributed by atoms with Gasteiger partial charge in [0.25, 0.3) is 5.91 Å². The van der Waals surface area contributed by atoms with Crippen LogP contribution in [-0.2, 0) is 6.54 Å². The number of carbonyl (C=O) groups excluding carboxylic acids is 1. The fourth-order valence-electron chi connectivity index (χ4n) is 3.94. The van der Waals surface area contributed by atoms with Crippen molar-refractivity contribution in [1.29, 1.82) is 0 Å². The summed E-state index contributed by atoms with van der Waals surface area (Å²) in [7, 11) is 1.57. The molecule has 1 saturated heterocycles. The third-order valence-corrected chi connectivity index (χ3v) is 5.33. The van der Waals surface area contributed by atoms with Crippen molar-refractivity contribution in [3.8, 4) is 22.8 Å². The quantitative estimate of drug-likeness (QED) is 0.640. The lowest BCUT2D eigenvalue weighted by Crippen LogP contribution is -2.29. The molecule has 3 aromatic rings. The van der Waals surface area contributed by atoms with Crippen LogP contribution >= 0.6 is 0 Å². The summed E-state index contributed by atoms with van der Waals surface area (Å²) in [6, 6.07) is 9.92. The van der Waals surface area contributed by atoms with E-state index in [1.807, 2.05) is 0 Å². The van der Waals surface area contributed by atoms with Crippen LogP contribution in [0.2, 0.25) is 0 Å². The van der Waals surface area contributed by atoms with Gasteiger partial charge in [0, 0.05) is 30.1 Å². The minimum Gasteiger partial charge on any atom is -0.508 e. The zero-order valence-electron chi connectivity index (χ0n) is 15.9. The van der Waals surface area contributed by atoms with Crippen molar-refractivity contribution in [1.82, 2.24) is 10.2 Å². The van der Waals surface area contributed by atoms with Gasteiger partial charge in [-0.3, -0.25) is 9.69 Å². The van der Waals surface area contributed by atoms with E-state index in [0.717, 1.165) is 25.9 Å². The van der Waals surface area contributed by atoms with Crippen molar-refractivity contribution in [2.75, 3.05) is 20.1 Å². The van der Waals surface area contributed by atoms with Gasteiger partial charge in [0.15, 0.2) is 0 Å². The molecule has 2 heterocycles. The highest BCUT2D eigenvalue weighted by Gasteiger charge is 2.26. The smallest absolute Gasteiger partial charge is 0.255 e. The van der Waals surface area contributed by atoms with E-state index in [9.17, 15) is 15.0 Å². The SMILES string of the molecule is CNC(=O)c1c(-c2cccc(O)c2)oc2ccc(O)c(CN3CCCCC3)c12. The summed E-state index contributed by atoms with van der Waals surface area (Å²) >= 11 is 0. The fraction of sp³-hybridized carbons (Fsp3) is 0.318. The van der Waals surface area contributed by atoms with E-state index in [1.165, 1.54) is 6.42 Å². The predicted octanol–water partition coefficient (Wildman–Crippen LogP) is 3.86. The van der Waals surface area contributed by atoms with Crippen LogP contribution in [0.15, 0.2) is 40.8 Å². The first-order chi connectivity index (χ1) is 13.6. The molecule has 4 rings (SSSR count). The van der Waals surface area contributed by atoms with E-state index in [1.54, 1.807) is 43.4 Å². The van der Waals surface area contributed by atoms with Gasteiger partial charge in [-0.2, -0.15) is 0 Å². The van der Waals surface area contributed by atoms with Crippen LogP contribution in [0.4, 0.5) is 0 Å². The Kier molecular flexibility index (Phi) is 4.96. The number of phenols is 2. The second-order valence-electron chi connectivity index (χ2n) is 7.21. The molecule has 0 bridgehead atoms. The molecule has 1 amide bonds. The van der Waals surface area contributed by atoms with Crippen LogP contribution in [-0.4, -0.2) is 41.2 Å². The number of hydrogen-bond acceptors (Lipinski definition) is 5. The molecular weight excluding hydrogens is 356 g/mol. The number of hydrogen-bond donors (Lipinski definition) is 3. The van der Waals surface area contributed by atoms with Crippen molar-refractivity contribution in [3.63, 3.8) is 0 Å². The Bertz CT molecular complexity index is 1020. The van der Waals surface area contributed by atoms with E-state index in [4.69, 9.17) is 4.42 Å². The van der Waals surface area contributed by atoms with Crippen molar-refractivity contribution in [2.45, 2.75) is 25.8 Å². The van der Waals surface area contributed by atoms with Gasteiger partial charge < -0.3 is 19.9 Å². The van der Waals surface area contributed by atoms with E-state index >= 15 is 0 Å². The van der Waals surface area contributed by atoms with Gasteiger partial charge in [-0.25, -0.2) is 0 Å². The maximum absolute atomic E-state index is 12.8. The number of carbonyl (C=O) groups is 1. The Balaban J connectivity index is 1.92. The summed E-state index contributed by atoms with van der Waals surface area (Å²) in [5.74, 6) is 0.349. The topological polar surface area (TPSA) is 85.9 Å². The maximum atomic E-state index is 12.8. The van der Waals surface area contributed by atoms with E-state index in [2.05, 4.69) is 10.2 Å². The zero-order chi connectivity index (χ0) is 19.7. The summed E-state index contributed by atoms with van der Waals surface area (Å²) in [6.07, 6.45) is 3.50. The first-order valence-corrected chi connectivity index (χ1v) is 9.59. The molecule has 0 radical (unpaired) electrons. The lowest BCUT2D eigenvalue weighted by atomic mass is 9.99. The van der Waals surface area contributed by atoms with Gasteiger partial charge in [0.2, 0.25) is 0 Å². The van der Waals surface area contributed by atoms with Gasteiger partial charge in [-0.1, -0.05) is 18.6 Å². The van der Waals surface area contributed by atoms with E-state index < -0.39 is 0 Å². The molecule has 3 N–H and O–H groups in total. The summed E-state index contributed by atoms with van der Waals surface area (Å²) in [5.41, 5.74) is 2.24. The lowest BCUT2D eigenvalue weighted by Gasteiger charge is -2.27. The van der Waals surface area contributed by atoms with Crippen molar-refractivity contribution < 1.29 is 19.4 Å². The number of fused-ring (bicyclic) bond motifs is 1. The molecule has 2 aromatic carbocycles. The Morgan fingerprint density at radius 2 is 1.93 bits per heavy atom. The van der Waals surface area contributed by atoms with Crippen LogP contribution in [0.25, 0.3) is 22.3 Å². The molecule has 1 aliphatic rings. The third kappa shape index (κ3) is 3.31. The number of amides is 1. The van der Waals surface area contributed by atoms with Gasteiger partial charge in [-0.05, 0) is 50.2 Å². The molecule has 1 fully saturated rings. The van der Waals surface area contributed by atoms with Gasteiger partial charge in [0.1, 0.15) is 22.8 Å². The number of furan rings is 1. The Morgan fingerprint density at radius 1 is 1.14 bits per heavy atom. The number of piperidine rings is 1. The molecule has 6 nitrogen and oxygen atoms in total.